The second-order valence-electron chi connectivity index (χ2n) is 7.34. The number of carbonyl (C=O) groups is 1. The first kappa shape index (κ1) is 23.6. The molecule has 0 heterocycles. The fraction of sp³-hybridized carbons (Fsp3) is 0.208. The van der Waals surface area contributed by atoms with Gasteiger partial charge in [0.2, 0.25) is 5.91 Å². The standard InChI is InChI=1S/C24H25ClN2O4S/c1-17-9-11-19(12-10-17)18(2)26-24(28)16-27(20-13-14-23(31-3)22(25)15-20)32(29,30)21-7-5-4-6-8-21/h4-15,18H,16H2,1-3H3,(H,26,28)/t18-/m1/s1. The van der Waals surface area contributed by atoms with Crippen molar-refractivity contribution < 1.29 is 17.9 Å². The van der Waals surface area contributed by atoms with Crippen LogP contribution in [-0.4, -0.2) is 28.0 Å². The number of nitrogens with one attached hydrogen (secondary N) is 1. The highest BCUT2D eigenvalue weighted by atomic mass is 35.5. The maximum atomic E-state index is 13.4. The first-order valence-corrected chi connectivity index (χ1v) is 11.8. The number of methoxy groups -OCH3 is 1. The van der Waals surface area contributed by atoms with Gasteiger partial charge in [-0.2, -0.15) is 0 Å². The summed E-state index contributed by atoms with van der Waals surface area (Å²) in [6.45, 7) is 3.43. The number of amides is 1. The predicted molar refractivity (Wildman–Crippen MR) is 127 cm³/mol. The molecule has 1 N–H and O–H groups in total. The molecule has 1 amide bonds. The van der Waals surface area contributed by atoms with Crippen LogP contribution in [0.25, 0.3) is 0 Å². The second-order valence-corrected chi connectivity index (χ2v) is 9.61. The number of hydrogen-bond donors (Lipinski definition) is 1. The summed E-state index contributed by atoms with van der Waals surface area (Å²) in [6, 6.07) is 20.1. The Balaban J connectivity index is 1.91. The van der Waals surface area contributed by atoms with Crippen molar-refractivity contribution in [3.8, 4) is 5.75 Å². The minimum atomic E-state index is -4.02. The number of sulfonamides is 1. The molecule has 32 heavy (non-hydrogen) atoms. The molecule has 6 nitrogen and oxygen atoms in total. The first-order valence-electron chi connectivity index (χ1n) is 9.99. The van der Waals surface area contributed by atoms with Crippen LogP contribution in [0.1, 0.15) is 24.1 Å². The molecular formula is C24H25ClN2O4S. The SMILES string of the molecule is COc1ccc(N(CC(=O)N[C@H](C)c2ccc(C)cc2)S(=O)(=O)c2ccccc2)cc1Cl. The summed E-state index contributed by atoms with van der Waals surface area (Å²) >= 11 is 6.24. The van der Waals surface area contributed by atoms with Gasteiger partial charge in [0.05, 0.1) is 28.8 Å². The lowest BCUT2D eigenvalue weighted by atomic mass is 10.1. The summed E-state index contributed by atoms with van der Waals surface area (Å²) in [5, 5.41) is 3.12. The third kappa shape index (κ3) is 5.41. The van der Waals surface area contributed by atoms with Crippen molar-refractivity contribution in [1.29, 1.82) is 0 Å². The third-order valence-electron chi connectivity index (χ3n) is 5.00. The van der Waals surface area contributed by atoms with Crippen molar-refractivity contribution in [1.82, 2.24) is 5.32 Å². The molecule has 8 heteroatoms. The highest BCUT2D eigenvalue weighted by Gasteiger charge is 2.28. The largest absolute Gasteiger partial charge is 0.495 e. The number of rotatable bonds is 8. The molecule has 0 aliphatic carbocycles. The number of nitrogens with zero attached hydrogens (tertiary/aromatic N) is 1. The number of aryl methyl sites for hydroxylation is 1. The van der Waals surface area contributed by atoms with Gasteiger partial charge in [-0.1, -0.05) is 59.6 Å². The second kappa shape index (κ2) is 10.1. The zero-order valence-corrected chi connectivity index (χ0v) is 19.7. The monoisotopic (exact) mass is 472 g/mol. The van der Waals surface area contributed by atoms with Gasteiger partial charge in [0.1, 0.15) is 12.3 Å². The van der Waals surface area contributed by atoms with E-state index in [0.717, 1.165) is 15.4 Å². The third-order valence-corrected chi connectivity index (χ3v) is 7.08. The normalized spacial score (nSPS) is 12.1. The van der Waals surface area contributed by atoms with Gasteiger partial charge in [-0.3, -0.25) is 9.10 Å². The van der Waals surface area contributed by atoms with E-state index in [4.69, 9.17) is 16.3 Å². The van der Waals surface area contributed by atoms with Crippen LogP contribution < -0.4 is 14.4 Å². The quantitative estimate of drug-likeness (QED) is 0.514. The molecule has 0 aliphatic rings. The van der Waals surface area contributed by atoms with E-state index >= 15 is 0 Å². The van der Waals surface area contributed by atoms with Crippen molar-refractivity contribution in [3.63, 3.8) is 0 Å². The zero-order valence-electron chi connectivity index (χ0n) is 18.1. The Morgan fingerprint density at radius 3 is 2.31 bits per heavy atom. The number of carbonyl (C=O) groups excluding carboxylic acids is 1. The highest BCUT2D eigenvalue weighted by Crippen LogP contribution is 2.32. The number of halogens is 1. The number of benzene rings is 3. The smallest absolute Gasteiger partial charge is 0.264 e. The molecule has 0 spiro atoms. The first-order chi connectivity index (χ1) is 15.2. The number of hydrogen-bond acceptors (Lipinski definition) is 4. The molecule has 1 atom stereocenters. The molecule has 0 bridgehead atoms. The van der Waals surface area contributed by atoms with Gasteiger partial charge < -0.3 is 10.1 Å². The molecular weight excluding hydrogens is 448 g/mol. The fourth-order valence-electron chi connectivity index (χ4n) is 3.20. The van der Waals surface area contributed by atoms with Crippen molar-refractivity contribution >= 4 is 33.2 Å². The number of anilines is 1. The maximum Gasteiger partial charge on any atom is 0.264 e. The Hall–Kier alpha value is -3.03. The summed E-state index contributed by atoms with van der Waals surface area (Å²) in [4.78, 5) is 13.0. The lowest BCUT2D eigenvalue weighted by Gasteiger charge is -2.25. The topological polar surface area (TPSA) is 75.7 Å². The molecule has 3 rings (SSSR count). The van der Waals surface area contributed by atoms with Crippen molar-refractivity contribution in [2.75, 3.05) is 18.0 Å². The van der Waals surface area contributed by atoms with Crippen LogP contribution in [-0.2, 0) is 14.8 Å². The van der Waals surface area contributed by atoms with Gasteiger partial charge in [-0.25, -0.2) is 8.42 Å². The lowest BCUT2D eigenvalue weighted by Crippen LogP contribution is -2.41. The van der Waals surface area contributed by atoms with Gasteiger partial charge in [0.25, 0.3) is 10.0 Å². The fourth-order valence-corrected chi connectivity index (χ4v) is 4.89. The van der Waals surface area contributed by atoms with Crippen molar-refractivity contribution in [2.45, 2.75) is 24.8 Å². The summed E-state index contributed by atoms with van der Waals surface area (Å²) < 4.78 is 33.0. The molecule has 0 aromatic heterocycles. The molecule has 0 radical (unpaired) electrons. The molecule has 168 valence electrons. The van der Waals surface area contributed by atoms with Crippen LogP contribution in [0.15, 0.2) is 77.7 Å². The Bertz CT molecular complexity index is 1180. The van der Waals surface area contributed by atoms with Crippen LogP contribution in [0, 0.1) is 6.92 Å². The lowest BCUT2D eigenvalue weighted by molar-refractivity contribution is -0.120. The van der Waals surface area contributed by atoms with E-state index in [-0.39, 0.29) is 21.6 Å². The van der Waals surface area contributed by atoms with Crippen LogP contribution >= 0.6 is 11.6 Å². The minimum absolute atomic E-state index is 0.0753. The Kier molecular flexibility index (Phi) is 7.43. The van der Waals surface area contributed by atoms with Gasteiger partial charge in [0, 0.05) is 0 Å². The molecule has 3 aromatic rings. The molecule has 0 aliphatic heterocycles. The molecule has 0 unspecified atom stereocenters. The van der Waals surface area contributed by atoms with Gasteiger partial charge >= 0.3 is 0 Å². The van der Waals surface area contributed by atoms with E-state index in [1.165, 1.54) is 25.3 Å². The van der Waals surface area contributed by atoms with Crippen molar-refractivity contribution in [3.05, 3.63) is 88.9 Å². The highest BCUT2D eigenvalue weighted by molar-refractivity contribution is 7.92. The molecule has 3 aromatic carbocycles. The van der Waals surface area contributed by atoms with Gasteiger partial charge in [-0.05, 0) is 49.7 Å². The van der Waals surface area contributed by atoms with E-state index in [1.54, 1.807) is 30.3 Å². The van der Waals surface area contributed by atoms with E-state index < -0.39 is 22.5 Å². The summed E-state index contributed by atoms with van der Waals surface area (Å²) in [5.41, 5.74) is 2.30. The summed E-state index contributed by atoms with van der Waals surface area (Å²) in [5.74, 6) is -0.0329. The maximum absolute atomic E-state index is 13.4. The van der Waals surface area contributed by atoms with E-state index in [1.807, 2.05) is 38.1 Å². The minimum Gasteiger partial charge on any atom is -0.495 e. The summed E-state index contributed by atoms with van der Waals surface area (Å²) in [7, 11) is -2.55. The van der Waals surface area contributed by atoms with Crippen molar-refractivity contribution in [2.24, 2.45) is 0 Å². The Labute approximate surface area is 193 Å². The van der Waals surface area contributed by atoms with Gasteiger partial charge in [0.15, 0.2) is 0 Å². The summed E-state index contributed by atoms with van der Waals surface area (Å²) in [6.07, 6.45) is 0. The average Bonchev–Trinajstić information content (AvgIpc) is 2.78. The van der Waals surface area contributed by atoms with E-state index in [9.17, 15) is 13.2 Å². The van der Waals surface area contributed by atoms with Crippen LogP contribution in [0.5, 0.6) is 5.75 Å². The van der Waals surface area contributed by atoms with Gasteiger partial charge in [-0.15, -0.1) is 0 Å². The van der Waals surface area contributed by atoms with Crippen LogP contribution in [0.3, 0.4) is 0 Å². The van der Waals surface area contributed by atoms with Crippen LogP contribution in [0.4, 0.5) is 5.69 Å². The number of ether oxygens (including phenoxy) is 1. The zero-order chi connectivity index (χ0) is 23.3. The molecule has 0 saturated carbocycles. The molecule has 0 saturated heterocycles. The molecule has 0 fully saturated rings. The van der Waals surface area contributed by atoms with E-state index in [2.05, 4.69) is 5.32 Å². The predicted octanol–water partition coefficient (Wildman–Crippen LogP) is 4.73. The Morgan fingerprint density at radius 2 is 1.72 bits per heavy atom. The average molecular weight is 473 g/mol. The van der Waals surface area contributed by atoms with E-state index in [0.29, 0.717) is 5.75 Å². The van der Waals surface area contributed by atoms with Crippen LogP contribution in [0.2, 0.25) is 5.02 Å². The Morgan fingerprint density at radius 1 is 1.06 bits per heavy atom.